The molecule has 1 heterocycles. The quantitative estimate of drug-likeness (QED) is 0.749. The Morgan fingerprint density at radius 2 is 2.00 bits per heavy atom. The fraction of sp³-hybridized carbons (Fsp3) is 0.800. The largest absolute Gasteiger partial charge is 0.348 e. The predicted molar refractivity (Wildman–Crippen MR) is 86.2 cm³/mol. The number of anilines is 1. The van der Waals surface area contributed by atoms with Crippen LogP contribution < -0.4 is 10.2 Å². The van der Waals surface area contributed by atoms with Crippen molar-refractivity contribution in [1.82, 2.24) is 10.3 Å². The number of aryl methyl sites for hydroxylation is 1. The lowest BCUT2D eigenvalue weighted by Gasteiger charge is -2.18. The highest BCUT2D eigenvalue weighted by molar-refractivity contribution is 7.15. The van der Waals surface area contributed by atoms with Gasteiger partial charge in [-0.15, -0.1) is 11.3 Å². The van der Waals surface area contributed by atoms with Gasteiger partial charge in [-0.25, -0.2) is 4.98 Å². The summed E-state index contributed by atoms with van der Waals surface area (Å²) in [5.41, 5.74) is 1.27. The molecule has 0 saturated carbocycles. The molecule has 0 amide bonds. The molecule has 0 aromatic carbocycles. The Hall–Kier alpha value is -0.610. The molecule has 0 atom stereocenters. The van der Waals surface area contributed by atoms with Gasteiger partial charge < -0.3 is 10.2 Å². The minimum atomic E-state index is 0.699. The first-order valence-electron chi connectivity index (χ1n) is 7.56. The molecule has 3 nitrogen and oxygen atoms in total. The van der Waals surface area contributed by atoms with Gasteiger partial charge in [-0.3, -0.25) is 0 Å². The van der Waals surface area contributed by atoms with Crippen molar-refractivity contribution in [3.8, 4) is 0 Å². The van der Waals surface area contributed by atoms with Crippen LogP contribution in [0.25, 0.3) is 0 Å². The second-order valence-corrected chi connectivity index (χ2v) is 6.39. The van der Waals surface area contributed by atoms with Crippen LogP contribution in [0.2, 0.25) is 0 Å². The van der Waals surface area contributed by atoms with E-state index >= 15 is 0 Å². The van der Waals surface area contributed by atoms with Crippen LogP contribution >= 0.6 is 11.3 Å². The molecule has 0 spiro atoms. The number of hydrogen-bond donors (Lipinski definition) is 1. The number of nitrogens with zero attached hydrogens (tertiary/aromatic N) is 2. The average molecular weight is 283 g/mol. The molecule has 110 valence electrons. The minimum absolute atomic E-state index is 0.699. The highest BCUT2D eigenvalue weighted by atomic mass is 32.1. The zero-order valence-corrected chi connectivity index (χ0v) is 13.9. The highest BCUT2D eigenvalue weighted by Crippen LogP contribution is 2.27. The van der Waals surface area contributed by atoms with Gasteiger partial charge in [0.05, 0.1) is 5.69 Å². The molecule has 1 rings (SSSR count). The van der Waals surface area contributed by atoms with E-state index in [2.05, 4.69) is 44.8 Å². The maximum Gasteiger partial charge on any atom is 0.185 e. The third-order valence-corrected chi connectivity index (χ3v) is 4.24. The fourth-order valence-electron chi connectivity index (χ4n) is 2.05. The third-order valence-electron chi connectivity index (χ3n) is 3.09. The Balaban J connectivity index is 2.72. The molecule has 1 aromatic heterocycles. The van der Waals surface area contributed by atoms with Crippen molar-refractivity contribution in [1.29, 1.82) is 0 Å². The molecule has 0 saturated heterocycles. The van der Waals surface area contributed by atoms with Gasteiger partial charge in [0.1, 0.15) is 0 Å². The van der Waals surface area contributed by atoms with Crippen LogP contribution in [-0.4, -0.2) is 24.6 Å². The molecule has 0 aliphatic rings. The molecule has 0 fully saturated rings. The van der Waals surface area contributed by atoms with Gasteiger partial charge in [0.25, 0.3) is 0 Å². The number of nitrogens with one attached hydrogen (secondary N) is 1. The maximum absolute atomic E-state index is 4.82. The first kappa shape index (κ1) is 16.4. The molecule has 0 radical (unpaired) electrons. The van der Waals surface area contributed by atoms with Crippen LogP contribution in [0.4, 0.5) is 5.13 Å². The van der Waals surface area contributed by atoms with Crippen LogP contribution in [0, 0.1) is 5.92 Å². The summed E-state index contributed by atoms with van der Waals surface area (Å²) in [6.07, 6.45) is 2.20. The van der Waals surface area contributed by atoms with Gasteiger partial charge in [0.2, 0.25) is 0 Å². The van der Waals surface area contributed by atoms with Crippen LogP contribution in [-0.2, 0) is 13.0 Å². The molecule has 0 unspecified atom stereocenters. The molecule has 1 aromatic rings. The summed E-state index contributed by atoms with van der Waals surface area (Å²) in [5, 5.41) is 4.73. The Morgan fingerprint density at radius 3 is 2.53 bits per heavy atom. The molecule has 0 aliphatic heterocycles. The zero-order chi connectivity index (χ0) is 14.3. The minimum Gasteiger partial charge on any atom is -0.348 e. The van der Waals surface area contributed by atoms with Gasteiger partial charge in [-0.05, 0) is 32.2 Å². The summed E-state index contributed by atoms with van der Waals surface area (Å²) < 4.78 is 0. The van der Waals surface area contributed by atoms with Crippen molar-refractivity contribution >= 4 is 16.5 Å². The highest BCUT2D eigenvalue weighted by Gasteiger charge is 2.13. The Morgan fingerprint density at radius 1 is 1.26 bits per heavy atom. The van der Waals surface area contributed by atoms with E-state index in [4.69, 9.17) is 4.98 Å². The van der Waals surface area contributed by atoms with Crippen molar-refractivity contribution in [2.75, 3.05) is 24.5 Å². The Bertz CT molecular complexity index is 360. The van der Waals surface area contributed by atoms with Crippen molar-refractivity contribution in [3.05, 3.63) is 10.6 Å². The van der Waals surface area contributed by atoms with E-state index in [0.717, 1.165) is 32.6 Å². The molecule has 0 aliphatic carbocycles. The van der Waals surface area contributed by atoms with E-state index in [1.165, 1.54) is 22.1 Å². The van der Waals surface area contributed by atoms with Gasteiger partial charge in [0, 0.05) is 24.5 Å². The second kappa shape index (κ2) is 8.54. The maximum atomic E-state index is 4.82. The van der Waals surface area contributed by atoms with E-state index in [-0.39, 0.29) is 0 Å². The zero-order valence-electron chi connectivity index (χ0n) is 13.1. The molecule has 4 heteroatoms. The van der Waals surface area contributed by atoms with Crippen LogP contribution in [0.15, 0.2) is 0 Å². The third kappa shape index (κ3) is 5.11. The lowest BCUT2D eigenvalue weighted by atomic mass is 10.2. The van der Waals surface area contributed by atoms with E-state index in [1.807, 2.05) is 11.3 Å². The monoisotopic (exact) mass is 283 g/mol. The topological polar surface area (TPSA) is 28.2 Å². The van der Waals surface area contributed by atoms with Crippen molar-refractivity contribution < 1.29 is 0 Å². The van der Waals surface area contributed by atoms with Crippen molar-refractivity contribution in [2.45, 2.75) is 54.0 Å². The average Bonchev–Trinajstić information content (AvgIpc) is 2.78. The van der Waals surface area contributed by atoms with E-state index in [0.29, 0.717) is 5.92 Å². The Kier molecular flexibility index (Phi) is 7.39. The summed E-state index contributed by atoms with van der Waals surface area (Å²) in [4.78, 5) is 8.62. The summed E-state index contributed by atoms with van der Waals surface area (Å²) >= 11 is 1.86. The summed E-state index contributed by atoms with van der Waals surface area (Å²) in [6.45, 7) is 15.3. The predicted octanol–water partition coefficient (Wildman–Crippen LogP) is 3.69. The van der Waals surface area contributed by atoms with Crippen molar-refractivity contribution in [2.24, 2.45) is 5.92 Å². The lowest BCUT2D eigenvalue weighted by molar-refractivity contribution is 0.553. The number of aromatic nitrogens is 1. The van der Waals surface area contributed by atoms with Crippen molar-refractivity contribution in [3.63, 3.8) is 0 Å². The first-order valence-corrected chi connectivity index (χ1v) is 8.38. The molecule has 1 N–H and O–H groups in total. The lowest BCUT2D eigenvalue weighted by Crippen LogP contribution is -2.23. The van der Waals surface area contributed by atoms with E-state index in [9.17, 15) is 0 Å². The van der Waals surface area contributed by atoms with Crippen LogP contribution in [0.3, 0.4) is 0 Å². The second-order valence-electron chi connectivity index (χ2n) is 5.32. The smallest absolute Gasteiger partial charge is 0.185 e. The molecule has 0 bridgehead atoms. The first-order chi connectivity index (χ1) is 9.12. The molecular formula is C15H29N3S. The molecular weight excluding hydrogens is 254 g/mol. The summed E-state index contributed by atoms with van der Waals surface area (Å²) in [7, 11) is 0. The van der Waals surface area contributed by atoms with Gasteiger partial charge in [-0.1, -0.05) is 27.7 Å². The summed E-state index contributed by atoms with van der Waals surface area (Å²) in [5.74, 6) is 0.699. The van der Waals surface area contributed by atoms with Crippen LogP contribution in [0.1, 0.15) is 51.6 Å². The van der Waals surface area contributed by atoms with Crippen LogP contribution in [0.5, 0.6) is 0 Å². The number of thiazole rings is 1. The number of rotatable bonds is 9. The van der Waals surface area contributed by atoms with Gasteiger partial charge in [0.15, 0.2) is 5.13 Å². The molecule has 19 heavy (non-hydrogen) atoms. The van der Waals surface area contributed by atoms with Gasteiger partial charge in [-0.2, -0.15) is 0 Å². The normalized spacial score (nSPS) is 11.3. The van der Waals surface area contributed by atoms with Gasteiger partial charge >= 0.3 is 0 Å². The summed E-state index contributed by atoms with van der Waals surface area (Å²) in [6, 6.07) is 0. The Labute approximate surface area is 122 Å². The number of hydrogen-bond acceptors (Lipinski definition) is 4. The van der Waals surface area contributed by atoms with E-state index in [1.54, 1.807) is 0 Å². The van der Waals surface area contributed by atoms with E-state index < -0.39 is 0 Å². The SMILES string of the molecule is CCCN(CC)c1nc(CC)c(CNCC(C)C)s1. The fourth-order valence-corrected chi connectivity index (χ4v) is 3.26. The standard InChI is InChI=1S/C15H29N3S/c1-6-9-18(8-3)15-17-13(7-2)14(19-15)11-16-10-12(4)5/h12,16H,6-11H2,1-5H3.